The molecule has 2 aromatic carbocycles. The SMILES string of the molecule is COc1ccc(Cn2ccc(C)c(NC(=O)C(N)Cc3ccc(CC(=O)O)cc3)c2=O)cc1. The minimum absolute atomic E-state index is 0.0666. The predicted octanol–water partition coefficient (Wildman–Crippen LogP) is 2.35. The number of aromatic nitrogens is 1. The largest absolute Gasteiger partial charge is 0.497 e. The van der Waals surface area contributed by atoms with Gasteiger partial charge in [-0.3, -0.25) is 14.4 Å². The number of carboxylic acids is 1. The highest BCUT2D eigenvalue weighted by molar-refractivity contribution is 5.95. The second-order valence-corrected chi connectivity index (χ2v) is 7.84. The van der Waals surface area contributed by atoms with Crippen LogP contribution in [0.15, 0.2) is 65.6 Å². The Morgan fingerprint density at radius 2 is 1.64 bits per heavy atom. The van der Waals surface area contributed by atoms with Crippen molar-refractivity contribution < 1.29 is 19.4 Å². The first-order valence-electron chi connectivity index (χ1n) is 10.5. The fourth-order valence-corrected chi connectivity index (χ4v) is 3.40. The fraction of sp³-hybridized carbons (Fsp3) is 0.240. The molecule has 0 aliphatic carbocycles. The molecule has 0 bridgehead atoms. The number of rotatable bonds is 9. The van der Waals surface area contributed by atoms with Gasteiger partial charge in [-0.1, -0.05) is 36.4 Å². The number of hydrogen-bond acceptors (Lipinski definition) is 5. The summed E-state index contributed by atoms with van der Waals surface area (Å²) < 4.78 is 6.68. The van der Waals surface area contributed by atoms with Crippen molar-refractivity contribution in [2.45, 2.75) is 32.4 Å². The van der Waals surface area contributed by atoms with E-state index in [1.165, 1.54) is 4.57 Å². The number of nitrogens with two attached hydrogens (primary N) is 1. The van der Waals surface area contributed by atoms with Gasteiger partial charge in [-0.05, 0) is 53.8 Å². The maximum atomic E-state index is 13.0. The molecule has 0 aliphatic rings. The Hall–Kier alpha value is -3.91. The zero-order chi connectivity index (χ0) is 24.0. The van der Waals surface area contributed by atoms with Crippen molar-refractivity contribution in [2.75, 3.05) is 12.4 Å². The number of aliphatic carboxylic acids is 1. The number of carbonyl (C=O) groups excluding carboxylic acids is 1. The van der Waals surface area contributed by atoms with Gasteiger partial charge in [-0.15, -0.1) is 0 Å². The van der Waals surface area contributed by atoms with Gasteiger partial charge in [0.1, 0.15) is 11.4 Å². The summed E-state index contributed by atoms with van der Waals surface area (Å²) in [4.78, 5) is 36.5. The summed E-state index contributed by atoms with van der Waals surface area (Å²) in [5.74, 6) is -0.643. The maximum Gasteiger partial charge on any atom is 0.307 e. The van der Waals surface area contributed by atoms with Gasteiger partial charge >= 0.3 is 5.97 Å². The second-order valence-electron chi connectivity index (χ2n) is 7.84. The molecule has 1 heterocycles. The quantitative estimate of drug-likeness (QED) is 0.461. The number of hydrogen-bond donors (Lipinski definition) is 3. The van der Waals surface area contributed by atoms with E-state index in [9.17, 15) is 14.4 Å². The number of carbonyl (C=O) groups is 2. The van der Waals surface area contributed by atoms with Gasteiger partial charge in [0.05, 0.1) is 26.1 Å². The molecular weight excluding hydrogens is 422 g/mol. The number of amides is 1. The summed E-state index contributed by atoms with van der Waals surface area (Å²) in [6.07, 6.45) is 1.88. The molecule has 0 spiro atoms. The molecule has 1 atom stereocenters. The van der Waals surface area contributed by atoms with Crippen molar-refractivity contribution in [3.8, 4) is 5.75 Å². The van der Waals surface area contributed by atoms with E-state index in [0.29, 0.717) is 17.7 Å². The van der Waals surface area contributed by atoms with E-state index in [0.717, 1.165) is 16.9 Å². The number of methoxy groups -OCH3 is 1. The molecule has 0 radical (unpaired) electrons. The van der Waals surface area contributed by atoms with Crippen LogP contribution in [0, 0.1) is 6.92 Å². The minimum Gasteiger partial charge on any atom is -0.497 e. The molecule has 0 aliphatic heterocycles. The third-order valence-corrected chi connectivity index (χ3v) is 5.30. The second kappa shape index (κ2) is 10.6. The third kappa shape index (κ3) is 6.30. The van der Waals surface area contributed by atoms with Crippen LogP contribution in [-0.4, -0.2) is 34.7 Å². The number of nitrogens with zero attached hydrogens (tertiary/aromatic N) is 1. The van der Waals surface area contributed by atoms with E-state index >= 15 is 0 Å². The van der Waals surface area contributed by atoms with E-state index in [1.54, 1.807) is 50.6 Å². The van der Waals surface area contributed by atoms with Crippen LogP contribution >= 0.6 is 0 Å². The number of nitrogens with one attached hydrogen (secondary N) is 1. The normalized spacial score (nSPS) is 11.6. The summed E-state index contributed by atoms with van der Waals surface area (Å²) in [5.41, 5.74) is 8.99. The molecule has 4 N–H and O–H groups in total. The zero-order valence-electron chi connectivity index (χ0n) is 18.6. The predicted molar refractivity (Wildman–Crippen MR) is 126 cm³/mol. The Morgan fingerprint density at radius 3 is 2.24 bits per heavy atom. The Bertz CT molecular complexity index is 1180. The van der Waals surface area contributed by atoms with Gasteiger partial charge in [0, 0.05) is 6.20 Å². The minimum atomic E-state index is -0.908. The van der Waals surface area contributed by atoms with Crippen LogP contribution < -0.4 is 21.3 Å². The van der Waals surface area contributed by atoms with E-state index in [2.05, 4.69) is 5.32 Å². The van der Waals surface area contributed by atoms with E-state index in [4.69, 9.17) is 15.6 Å². The first-order valence-corrected chi connectivity index (χ1v) is 10.5. The van der Waals surface area contributed by atoms with Crippen LogP contribution in [0.4, 0.5) is 5.69 Å². The van der Waals surface area contributed by atoms with Crippen molar-refractivity contribution >= 4 is 17.6 Å². The van der Waals surface area contributed by atoms with Crippen LogP contribution in [0.25, 0.3) is 0 Å². The first-order chi connectivity index (χ1) is 15.8. The van der Waals surface area contributed by atoms with Crippen LogP contribution in [-0.2, 0) is 29.0 Å². The fourth-order valence-electron chi connectivity index (χ4n) is 3.40. The van der Waals surface area contributed by atoms with Gasteiger partial charge in [0.15, 0.2) is 0 Å². The van der Waals surface area contributed by atoms with Gasteiger partial charge in [-0.2, -0.15) is 0 Å². The number of benzene rings is 2. The van der Waals surface area contributed by atoms with Crippen LogP contribution in [0.1, 0.15) is 22.3 Å². The average molecular weight is 450 g/mol. The molecule has 8 heteroatoms. The summed E-state index contributed by atoms with van der Waals surface area (Å²) in [6, 6.07) is 15.2. The molecule has 1 unspecified atom stereocenters. The van der Waals surface area contributed by atoms with Gasteiger partial charge < -0.3 is 25.5 Å². The molecule has 0 saturated carbocycles. The number of ether oxygens (including phenoxy) is 1. The Balaban J connectivity index is 1.69. The number of anilines is 1. The van der Waals surface area contributed by atoms with E-state index in [-0.39, 0.29) is 24.1 Å². The lowest BCUT2D eigenvalue weighted by atomic mass is 10.0. The molecule has 0 saturated heterocycles. The molecule has 3 aromatic rings. The molecule has 3 rings (SSSR count). The van der Waals surface area contributed by atoms with Crippen LogP contribution in [0.5, 0.6) is 5.75 Å². The van der Waals surface area contributed by atoms with Crippen LogP contribution in [0.3, 0.4) is 0 Å². The van der Waals surface area contributed by atoms with Crippen molar-refractivity contribution in [1.29, 1.82) is 0 Å². The molecule has 1 amide bonds. The standard InChI is InChI=1S/C25H27N3O5/c1-16-11-12-28(15-19-7-9-20(33-2)10-8-19)25(32)23(16)27-24(31)21(26)13-17-3-5-18(6-4-17)14-22(29)30/h3-12,21H,13-15,26H2,1-2H3,(H,27,31)(H,29,30). The Labute approximate surface area is 191 Å². The zero-order valence-corrected chi connectivity index (χ0v) is 18.6. The Kier molecular flexibility index (Phi) is 7.63. The molecular formula is C25H27N3O5. The number of aryl methyl sites for hydroxylation is 1. The lowest BCUT2D eigenvalue weighted by Crippen LogP contribution is -2.39. The van der Waals surface area contributed by atoms with Gasteiger partial charge in [0.25, 0.3) is 5.56 Å². The lowest BCUT2D eigenvalue weighted by molar-refractivity contribution is -0.136. The first kappa shape index (κ1) is 23.7. The average Bonchev–Trinajstić information content (AvgIpc) is 2.79. The van der Waals surface area contributed by atoms with Gasteiger partial charge in [0.2, 0.25) is 5.91 Å². The highest BCUT2D eigenvalue weighted by Crippen LogP contribution is 2.14. The third-order valence-electron chi connectivity index (χ3n) is 5.30. The van der Waals surface area contributed by atoms with Crippen molar-refractivity contribution in [2.24, 2.45) is 5.73 Å². The summed E-state index contributed by atoms with van der Waals surface area (Å²) in [7, 11) is 1.59. The van der Waals surface area contributed by atoms with Crippen LogP contribution in [0.2, 0.25) is 0 Å². The van der Waals surface area contributed by atoms with Crippen molar-refractivity contribution in [3.63, 3.8) is 0 Å². The molecule has 33 heavy (non-hydrogen) atoms. The molecule has 0 fully saturated rings. The van der Waals surface area contributed by atoms with Crippen molar-refractivity contribution in [3.05, 3.63) is 93.4 Å². The van der Waals surface area contributed by atoms with Crippen molar-refractivity contribution in [1.82, 2.24) is 4.57 Å². The van der Waals surface area contributed by atoms with E-state index < -0.39 is 17.9 Å². The number of pyridine rings is 1. The monoisotopic (exact) mass is 449 g/mol. The topological polar surface area (TPSA) is 124 Å². The molecule has 1 aromatic heterocycles. The summed E-state index contributed by atoms with van der Waals surface area (Å²) >= 11 is 0. The lowest BCUT2D eigenvalue weighted by Gasteiger charge is -2.15. The number of carboxylic acid groups (broad SMARTS) is 1. The van der Waals surface area contributed by atoms with Gasteiger partial charge in [-0.25, -0.2) is 0 Å². The molecule has 8 nitrogen and oxygen atoms in total. The summed E-state index contributed by atoms with van der Waals surface area (Å²) in [6.45, 7) is 2.10. The Morgan fingerprint density at radius 1 is 1.03 bits per heavy atom. The molecule has 172 valence electrons. The maximum absolute atomic E-state index is 13.0. The summed E-state index contributed by atoms with van der Waals surface area (Å²) in [5, 5.41) is 11.5. The highest BCUT2D eigenvalue weighted by atomic mass is 16.5. The smallest absolute Gasteiger partial charge is 0.307 e. The van der Waals surface area contributed by atoms with E-state index in [1.807, 2.05) is 24.3 Å². The highest BCUT2D eigenvalue weighted by Gasteiger charge is 2.18.